The van der Waals surface area contributed by atoms with Crippen LogP contribution in [0.2, 0.25) is 0 Å². The summed E-state index contributed by atoms with van der Waals surface area (Å²) in [5.41, 5.74) is 1.27. The van der Waals surface area contributed by atoms with Crippen molar-refractivity contribution in [3.05, 3.63) is 35.4 Å². The highest BCUT2D eigenvalue weighted by Crippen LogP contribution is 2.68. The standard InChI is InChI=1S/C32H43NO5/c1-19(8-13-28(35)38-33-29(36)22-6-4-5-7-23(22)30(33)37)25-11-12-26-24-10-9-20-18-21(34)14-16-31(20,2)27(24)15-17-32(25,26)3/h4-7,19-21,24-27,34H,8-18H2,1-3H3/t19-,20-,21?,24+,25-,26+,27+,31+,32-/m1/s1. The van der Waals surface area contributed by atoms with Gasteiger partial charge in [0.2, 0.25) is 0 Å². The van der Waals surface area contributed by atoms with Crippen LogP contribution in [0.1, 0.15) is 112 Å². The van der Waals surface area contributed by atoms with E-state index < -0.39 is 17.8 Å². The Balaban J connectivity index is 1.07. The summed E-state index contributed by atoms with van der Waals surface area (Å²) in [5.74, 6) is 2.34. The quantitative estimate of drug-likeness (QED) is 0.468. The minimum absolute atomic E-state index is 0.0982. The van der Waals surface area contributed by atoms with Crippen LogP contribution >= 0.6 is 0 Å². The molecule has 1 heterocycles. The summed E-state index contributed by atoms with van der Waals surface area (Å²) < 4.78 is 0. The number of amides is 2. The first-order valence-electron chi connectivity index (χ1n) is 15.0. The molecule has 1 unspecified atom stereocenters. The maximum absolute atomic E-state index is 12.7. The molecule has 0 saturated heterocycles. The Bertz CT molecular complexity index is 1100. The van der Waals surface area contributed by atoms with Gasteiger partial charge >= 0.3 is 5.97 Å². The molecule has 4 aliphatic carbocycles. The van der Waals surface area contributed by atoms with E-state index in [-0.39, 0.29) is 23.7 Å². The summed E-state index contributed by atoms with van der Waals surface area (Å²) in [4.78, 5) is 43.1. The first-order valence-corrected chi connectivity index (χ1v) is 15.0. The molecule has 206 valence electrons. The first-order chi connectivity index (χ1) is 18.1. The Morgan fingerprint density at radius 3 is 2.34 bits per heavy atom. The maximum Gasteiger partial charge on any atom is 0.333 e. The number of nitrogens with zero attached hydrogens (tertiary/aromatic N) is 1. The highest BCUT2D eigenvalue weighted by atomic mass is 16.7. The van der Waals surface area contributed by atoms with Gasteiger partial charge in [0.25, 0.3) is 11.8 Å². The van der Waals surface area contributed by atoms with Gasteiger partial charge in [0, 0.05) is 6.42 Å². The lowest BCUT2D eigenvalue weighted by Gasteiger charge is -2.61. The molecule has 9 atom stereocenters. The molecule has 2 amide bonds. The van der Waals surface area contributed by atoms with Crippen LogP contribution in [0.5, 0.6) is 0 Å². The Morgan fingerprint density at radius 1 is 0.974 bits per heavy atom. The number of carbonyl (C=O) groups excluding carboxylic acids is 3. The van der Waals surface area contributed by atoms with Crippen LogP contribution in [0, 0.1) is 46.3 Å². The van der Waals surface area contributed by atoms with Crippen LogP contribution in [0.4, 0.5) is 0 Å². The summed E-state index contributed by atoms with van der Waals surface area (Å²) >= 11 is 0. The van der Waals surface area contributed by atoms with Crippen molar-refractivity contribution in [2.75, 3.05) is 0 Å². The Hall–Kier alpha value is -2.21. The lowest BCUT2D eigenvalue weighted by Crippen LogP contribution is -2.54. The molecule has 0 bridgehead atoms. The highest BCUT2D eigenvalue weighted by molar-refractivity contribution is 6.20. The Labute approximate surface area is 226 Å². The van der Waals surface area contributed by atoms with Gasteiger partial charge in [0.1, 0.15) is 0 Å². The molecular weight excluding hydrogens is 478 g/mol. The number of hydrogen-bond acceptors (Lipinski definition) is 5. The minimum Gasteiger partial charge on any atom is -0.393 e. The minimum atomic E-state index is -0.564. The maximum atomic E-state index is 12.7. The third kappa shape index (κ3) is 3.96. The predicted octanol–water partition coefficient (Wildman–Crippen LogP) is 6.18. The van der Waals surface area contributed by atoms with Gasteiger partial charge in [0.15, 0.2) is 0 Å². The van der Waals surface area contributed by atoms with Crippen LogP contribution in [0.25, 0.3) is 0 Å². The van der Waals surface area contributed by atoms with E-state index in [1.807, 2.05) is 0 Å². The Morgan fingerprint density at radius 2 is 1.63 bits per heavy atom. The average Bonchev–Trinajstić information content (AvgIpc) is 3.38. The van der Waals surface area contributed by atoms with Crippen molar-refractivity contribution < 1.29 is 24.3 Å². The molecule has 0 spiro atoms. The molecule has 6 nitrogen and oxygen atoms in total. The zero-order valence-corrected chi connectivity index (χ0v) is 23.2. The van der Waals surface area contributed by atoms with Crippen LogP contribution in [-0.4, -0.2) is 34.1 Å². The largest absolute Gasteiger partial charge is 0.393 e. The fourth-order valence-electron chi connectivity index (χ4n) is 10.2. The van der Waals surface area contributed by atoms with E-state index in [0.717, 1.165) is 30.6 Å². The summed E-state index contributed by atoms with van der Waals surface area (Å²) in [6, 6.07) is 6.57. The molecule has 0 aromatic heterocycles. The number of fused-ring (bicyclic) bond motifs is 6. The third-order valence-electron chi connectivity index (χ3n) is 12.2. The monoisotopic (exact) mass is 521 g/mol. The molecule has 4 fully saturated rings. The molecule has 6 heteroatoms. The van der Waals surface area contributed by atoms with Crippen molar-refractivity contribution in [2.24, 2.45) is 46.3 Å². The molecule has 0 radical (unpaired) electrons. The highest BCUT2D eigenvalue weighted by Gasteiger charge is 2.60. The molecular formula is C32H43NO5. The van der Waals surface area contributed by atoms with Gasteiger partial charge in [-0.05, 0) is 123 Å². The number of hydroxylamine groups is 2. The van der Waals surface area contributed by atoms with E-state index in [4.69, 9.17) is 4.84 Å². The molecule has 5 aliphatic rings. The van der Waals surface area contributed by atoms with Gasteiger partial charge < -0.3 is 9.94 Å². The second-order valence-corrected chi connectivity index (χ2v) is 13.7. The van der Waals surface area contributed by atoms with E-state index in [2.05, 4.69) is 20.8 Å². The van der Waals surface area contributed by atoms with Crippen LogP contribution in [-0.2, 0) is 9.63 Å². The smallest absolute Gasteiger partial charge is 0.333 e. The fourth-order valence-corrected chi connectivity index (χ4v) is 10.2. The number of rotatable bonds is 5. The van der Waals surface area contributed by atoms with Gasteiger partial charge in [-0.3, -0.25) is 9.59 Å². The number of benzene rings is 1. The van der Waals surface area contributed by atoms with Crippen molar-refractivity contribution >= 4 is 17.8 Å². The predicted molar refractivity (Wildman–Crippen MR) is 143 cm³/mol. The van der Waals surface area contributed by atoms with Gasteiger partial charge in [-0.2, -0.15) is 0 Å². The SMILES string of the molecule is C[C@H](CCC(=O)ON1C(=O)c2ccccc2C1=O)[C@H]1CC[C@H]2[C@@H]3CC[C@@H]4CC(O)CC[C@]4(C)[C@H]3CC[C@]12C. The van der Waals surface area contributed by atoms with Crippen LogP contribution < -0.4 is 0 Å². The van der Waals surface area contributed by atoms with Gasteiger partial charge in [-0.25, -0.2) is 4.79 Å². The lowest BCUT2D eigenvalue weighted by atomic mass is 9.44. The zero-order valence-electron chi connectivity index (χ0n) is 23.2. The van der Waals surface area contributed by atoms with Gasteiger partial charge in [-0.1, -0.05) is 38.0 Å². The van der Waals surface area contributed by atoms with Crippen molar-refractivity contribution in [2.45, 2.75) is 97.5 Å². The lowest BCUT2D eigenvalue weighted by molar-refractivity contribution is -0.169. The summed E-state index contributed by atoms with van der Waals surface area (Å²) in [5, 5.41) is 10.9. The topological polar surface area (TPSA) is 83.9 Å². The average molecular weight is 522 g/mol. The second-order valence-electron chi connectivity index (χ2n) is 13.7. The van der Waals surface area contributed by atoms with Crippen LogP contribution in [0.15, 0.2) is 24.3 Å². The van der Waals surface area contributed by atoms with Crippen molar-refractivity contribution in [3.8, 4) is 0 Å². The molecule has 1 aliphatic heterocycles. The third-order valence-corrected chi connectivity index (χ3v) is 12.2. The zero-order chi connectivity index (χ0) is 26.8. The number of aliphatic hydroxyl groups excluding tert-OH is 1. The van der Waals surface area contributed by atoms with Gasteiger partial charge in [0.05, 0.1) is 17.2 Å². The molecule has 1 aromatic rings. The number of aliphatic hydroxyl groups is 1. The normalized spacial score (nSPS) is 40.7. The molecule has 1 aromatic carbocycles. The summed E-state index contributed by atoms with van der Waals surface area (Å²) in [6.45, 7) is 7.34. The van der Waals surface area contributed by atoms with E-state index >= 15 is 0 Å². The number of hydrogen-bond donors (Lipinski definition) is 1. The molecule has 4 saturated carbocycles. The molecule has 6 rings (SSSR count). The van der Waals surface area contributed by atoms with Crippen molar-refractivity contribution in [3.63, 3.8) is 0 Å². The number of imide groups is 1. The second kappa shape index (κ2) is 9.46. The Kier molecular flexibility index (Phi) is 6.48. The first kappa shape index (κ1) is 26.0. The van der Waals surface area contributed by atoms with E-state index in [0.29, 0.717) is 40.1 Å². The molecule has 1 N–H and O–H groups in total. The molecule has 38 heavy (non-hydrogen) atoms. The summed E-state index contributed by atoms with van der Waals surface area (Å²) in [7, 11) is 0. The fraction of sp³-hybridized carbons (Fsp3) is 0.719. The van der Waals surface area contributed by atoms with E-state index in [9.17, 15) is 19.5 Å². The van der Waals surface area contributed by atoms with Crippen LogP contribution in [0.3, 0.4) is 0 Å². The van der Waals surface area contributed by atoms with Crippen molar-refractivity contribution in [1.29, 1.82) is 0 Å². The van der Waals surface area contributed by atoms with E-state index in [1.165, 1.54) is 44.9 Å². The number of carbonyl (C=O) groups is 3. The van der Waals surface area contributed by atoms with Crippen molar-refractivity contribution in [1.82, 2.24) is 5.06 Å². The van der Waals surface area contributed by atoms with Gasteiger partial charge in [-0.15, -0.1) is 0 Å². The van der Waals surface area contributed by atoms with E-state index in [1.54, 1.807) is 24.3 Å². The summed E-state index contributed by atoms with van der Waals surface area (Å²) in [6.07, 6.45) is 11.6.